The number of rotatable bonds is 3. The number of hydrogen-bond donors (Lipinski definition) is 2. The van der Waals surface area contributed by atoms with E-state index in [1.807, 2.05) is 0 Å². The maximum absolute atomic E-state index is 11.9. The number of carbonyl (C=O) groups is 1. The molecule has 2 unspecified atom stereocenters. The monoisotopic (exact) mass is 266 g/mol. The van der Waals surface area contributed by atoms with Gasteiger partial charge in [0.15, 0.2) is 0 Å². The normalized spacial score (nSPS) is 22.5. The highest BCUT2D eigenvalue weighted by molar-refractivity contribution is 5.79. The number of aliphatic hydroxyl groups is 2. The number of nitro groups is 1. The number of benzene rings is 1. The van der Waals surface area contributed by atoms with E-state index in [-0.39, 0.29) is 31.1 Å². The number of hydrogen-bond acceptors (Lipinski definition) is 5. The first-order valence-corrected chi connectivity index (χ1v) is 5.84. The van der Waals surface area contributed by atoms with Crippen molar-refractivity contribution in [1.82, 2.24) is 4.90 Å². The molecule has 0 radical (unpaired) electrons. The molecule has 0 aliphatic carbocycles. The van der Waals surface area contributed by atoms with Crippen molar-refractivity contribution in [3.05, 3.63) is 39.9 Å². The summed E-state index contributed by atoms with van der Waals surface area (Å²) in [6, 6.07) is 5.74. The van der Waals surface area contributed by atoms with E-state index in [4.69, 9.17) is 0 Å². The first kappa shape index (κ1) is 13.4. The molecule has 1 fully saturated rings. The van der Waals surface area contributed by atoms with Gasteiger partial charge in [0.1, 0.15) is 0 Å². The van der Waals surface area contributed by atoms with Gasteiger partial charge in [0.05, 0.1) is 23.6 Å². The molecule has 19 heavy (non-hydrogen) atoms. The van der Waals surface area contributed by atoms with Crippen molar-refractivity contribution in [2.45, 2.75) is 18.6 Å². The highest BCUT2D eigenvalue weighted by Gasteiger charge is 2.32. The zero-order valence-corrected chi connectivity index (χ0v) is 10.1. The van der Waals surface area contributed by atoms with Crippen molar-refractivity contribution in [2.24, 2.45) is 0 Å². The van der Waals surface area contributed by atoms with Crippen LogP contribution in [0.2, 0.25) is 0 Å². The largest absolute Gasteiger partial charge is 0.388 e. The molecule has 1 aromatic rings. The van der Waals surface area contributed by atoms with Crippen LogP contribution in [0.15, 0.2) is 24.3 Å². The number of aliphatic hydroxyl groups excluding tert-OH is 2. The molecule has 2 atom stereocenters. The SMILES string of the molecule is O=C(Cc1ccc([N+](=O)[O-])cc1)N1CC(O)C(O)C1. The van der Waals surface area contributed by atoms with Crippen LogP contribution in [0.1, 0.15) is 5.56 Å². The first-order valence-electron chi connectivity index (χ1n) is 5.84. The summed E-state index contributed by atoms with van der Waals surface area (Å²) in [5.74, 6) is -0.218. The fraction of sp³-hybridized carbons (Fsp3) is 0.417. The van der Waals surface area contributed by atoms with E-state index >= 15 is 0 Å². The average molecular weight is 266 g/mol. The minimum Gasteiger partial charge on any atom is -0.388 e. The van der Waals surface area contributed by atoms with E-state index < -0.39 is 17.1 Å². The zero-order chi connectivity index (χ0) is 14.0. The smallest absolute Gasteiger partial charge is 0.269 e. The maximum atomic E-state index is 11.9. The predicted molar refractivity (Wildman–Crippen MR) is 65.4 cm³/mol. The minimum atomic E-state index is -0.902. The molecule has 2 rings (SSSR count). The van der Waals surface area contributed by atoms with Gasteiger partial charge in [0.2, 0.25) is 5.91 Å². The molecule has 2 N–H and O–H groups in total. The Bertz CT molecular complexity index is 477. The molecule has 1 amide bonds. The molecule has 0 spiro atoms. The second kappa shape index (κ2) is 5.33. The van der Waals surface area contributed by atoms with Crippen molar-refractivity contribution in [3.63, 3.8) is 0 Å². The van der Waals surface area contributed by atoms with Gasteiger partial charge < -0.3 is 15.1 Å². The highest BCUT2D eigenvalue weighted by Crippen LogP contribution is 2.15. The Morgan fingerprint density at radius 3 is 2.26 bits per heavy atom. The van der Waals surface area contributed by atoms with Crippen LogP contribution in [0.4, 0.5) is 5.69 Å². The third-order valence-corrected chi connectivity index (χ3v) is 3.11. The lowest BCUT2D eigenvalue weighted by molar-refractivity contribution is -0.384. The van der Waals surface area contributed by atoms with E-state index in [1.165, 1.54) is 29.2 Å². The van der Waals surface area contributed by atoms with Gasteiger partial charge in [-0.3, -0.25) is 14.9 Å². The summed E-state index contributed by atoms with van der Waals surface area (Å²) in [4.78, 5) is 23.3. The number of carbonyl (C=O) groups excluding carboxylic acids is 1. The van der Waals surface area contributed by atoms with Gasteiger partial charge in [-0.1, -0.05) is 12.1 Å². The van der Waals surface area contributed by atoms with Crippen LogP contribution >= 0.6 is 0 Å². The maximum Gasteiger partial charge on any atom is 0.269 e. The van der Waals surface area contributed by atoms with E-state index in [0.29, 0.717) is 5.56 Å². The van der Waals surface area contributed by atoms with Gasteiger partial charge in [-0.25, -0.2) is 0 Å². The lowest BCUT2D eigenvalue weighted by Gasteiger charge is -2.15. The second-order valence-corrected chi connectivity index (χ2v) is 4.53. The predicted octanol–water partition coefficient (Wildman–Crippen LogP) is -0.299. The van der Waals surface area contributed by atoms with E-state index in [2.05, 4.69) is 0 Å². The zero-order valence-electron chi connectivity index (χ0n) is 10.1. The average Bonchev–Trinajstić information content (AvgIpc) is 2.70. The summed E-state index contributed by atoms with van der Waals surface area (Å²) in [7, 11) is 0. The lowest BCUT2D eigenvalue weighted by atomic mass is 10.1. The number of nitro benzene ring substituents is 1. The summed E-state index contributed by atoms with van der Waals surface area (Å²) >= 11 is 0. The summed E-state index contributed by atoms with van der Waals surface area (Å²) < 4.78 is 0. The van der Waals surface area contributed by atoms with Crippen LogP contribution in [0.25, 0.3) is 0 Å². The number of likely N-dealkylation sites (tertiary alicyclic amines) is 1. The van der Waals surface area contributed by atoms with Crippen LogP contribution < -0.4 is 0 Å². The Hall–Kier alpha value is -1.99. The number of non-ortho nitro benzene ring substituents is 1. The summed E-state index contributed by atoms with van der Waals surface area (Å²) in [6.45, 7) is 0.236. The van der Waals surface area contributed by atoms with Gasteiger partial charge >= 0.3 is 0 Å². The molecule has 0 bridgehead atoms. The van der Waals surface area contributed by atoms with Gasteiger partial charge in [-0.2, -0.15) is 0 Å². The Morgan fingerprint density at radius 1 is 1.26 bits per heavy atom. The third kappa shape index (κ3) is 3.07. The first-order chi connectivity index (χ1) is 8.97. The number of amides is 1. The summed E-state index contributed by atoms with van der Waals surface area (Å²) in [6.07, 6.45) is -1.71. The van der Waals surface area contributed by atoms with E-state index in [0.717, 1.165) is 0 Å². The standard InChI is InChI=1S/C12H14N2O5/c15-10-6-13(7-11(10)16)12(17)5-8-1-3-9(4-2-8)14(18)19/h1-4,10-11,15-16H,5-7H2. The Balaban J connectivity index is 1.97. The Morgan fingerprint density at radius 2 is 1.79 bits per heavy atom. The van der Waals surface area contributed by atoms with Gasteiger partial charge in [0.25, 0.3) is 5.69 Å². The molecule has 0 saturated carbocycles. The molecule has 102 valence electrons. The van der Waals surface area contributed by atoms with Crippen molar-refractivity contribution >= 4 is 11.6 Å². The van der Waals surface area contributed by atoms with Crippen LogP contribution in [-0.4, -0.2) is 51.2 Å². The second-order valence-electron chi connectivity index (χ2n) is 4.53. The summed E-state index contributed by atoms with van der Waals surface area (Å²) in [5, 5.41) is 29.2. The molecule has 1 aliphatic heterocycles. The molecule has 7 nitrogen and oxygen atoms in total. The highest BCUT2D eigenvalue weighted by atomic mass is 16.6. The quantitative estimate of drug-likeness (QED) is 0.577. The van der Waals surface area contributed by atoms with Crippen LogP contribution in [0, 0.1) is 10.1 Å². The molecule has 1 heterocycles. The molecule has 0 aromatic heterocycles. The van der Waals surface area contributed by atoms with Crippen molar-refractivity contribution in [1.29, 1.82) is 0 Å². The Labute approximate surface area is 109 Å². The van der Waals surface area contributed by atoms with Crippen molar-refractivity contribution in [2.75, 3.05) is 13.1 Å². The van der Waals surface area contributed by atoms with Crippen LogP contribution in [0.3, 0.4) is 0 Å². The molecule has 1 saturated heterocycles. The van der Waals surface area contributed by atoms with E-state index in [9.17, 15) is 25.1 Å². The number of nitrogens with zero attached hydrogens (tertiary/aromatic N) is 2. The fourth-order valence-electron chi connectivity index (χ4n) is 2.00. The summed E-state index contributed by atoms with van der Waals surface area (Å²) in [5.41, 5.74) is 0.634. The minimum absolute atomic E-state index is 0.0248. The van der Waals surface area contributed by atoms with Gasteiger partial charge in [-0.05, 0) is 5.56 Å². The molecular weight excluding hydrogens is 252 g/mol. The van der Waals surface area contributed by atoms with Gasteiger partial charge in [0, 0.05) is 25.2 Å². The van der Waals surface area contributed by atoms with Crippen LogP contribution in [0.5, 0.6) is 0 Å². The molecule has 1 aromatic carbocycles. The number of β-amino-alcohol motifs (C(OH)–C–C–N with tert-alkyl or cyclic N) is 2. The third-order valence-electron chi connectivity index (χ3n) is 3.11. The topological polar surface area (TPSA) is 104 Å². The van der Waals surface area contributed by atoms with Crippen molar-refractivity contribution < 1.29 is 19.9 Å². The lowest BCUT2D eigenvalue weighted by Crippen LogP contribution is -2.31. The molecule has 1 aliphatic rings. The van der Waals surface area contributed by atoms with Gasteiger partial charge in [-0.15, -0.1) is 0 Å². The molecular formula is C12H14N2O5. The van der Waals surface area contributed by atoms with E-state index in [1.54, 1.807) is 0 Å². The van der Waals surface area contributed by atoms with Crippen LogP contribution in [-0.2, 0) is 11.2 Å². The fourth-order valence-corrected chi connectivity index (χ4v) is 2.00. The van der Waals surface area contributed by atoms with Crippen molar-refractivity contribution in [3.8, 4) is 0 Å². The molecule has 7 heteroatoms. The Kier molecular flexibility index (Phi) is 3.77.